The number of carbonyl (C=O) groups is 1. The fourth-order valence-corrected chi connectivity index (χ4v) is 3.13. The molecule has 1 aliphatic heterocycles. The summed E-state index contributed by atoms with van der Waals surface area (Å²) in [5, 5.41) is 3.25. The highest BCUT2D eigenvalue weighted by atomic mass is 32.2. The summed E-state index contributed by atoms with van der Waals surface area (Å²) >= 11 is 1.79. The van der Waals surface area contributed by atoms with Crippen LogP contribution in [0.3, 0.4) is 0 Å². The van der Waals surface area contributed by atoms with Crippen LogP contribution in [0.4, 0.5) is 13.2 Å². The first kappa shape index (κ1) is 15.4. The monoisotopic (exact) mass is 303 g/mol. The third-order valence-electron chi connectivity index (χ3n) is 3.13. The van der Waals surface area contributed by atoms with Crippen LogP contribution in [-0.2, 0) is 17.4 Å². The molecule has 0 spiro atoms. The fraction of sp³-hybridized carbons (Fsp3) is 0.500. The second kappa shape index (κ2) is 6.63. The number of halogens is 3. The first-order chi connectivity index (χ1) is 9.45. The van der Waals surface area contributed by atoms with Gasteiger partial charge in [-0.2, -0.15) is 24.9 Å². The van der Waals surface area contributed by atoms with Gasteiger partial charge in [-0.1, -0.05) is 18.2 Å². The SMILES string of the molecule is O=C(Cc1cccc(C(F)(F)F)c1)CC1CSCCN1. The molecule has 1 atom stereocenters. The lowest BCUT2D eigenvalue weighted by Crippen LogP contribution is -2.39. The van der Waals surface area contributed by atoms with Gasteiger partial charge in [-0.3, -0.25) is 4.79 Å². The van der Waals surface area contributed by atoms with Gasteiger partial charge < -0.3 is 5.32 Å². The van der Waals surface area contributed by atoms with E-state index in [4.69, 9.17) is 0 Å². The number of alkyl halides is 3. The van der Waals surface area contributed by atoms with Crippen molar-refractivity contribution in [2.75, 3.05) is 18.1 Å². The molecule has 1 heterocycles. The second-order valence-corrected chi connectivity index (χ2v) is 5.99. The molecular weight excluding hydrogens is 287 g/mol. The smallest absolute Gasteiger partial charge is 0.312 e. The summed E-state index contributed by atoms with van der Waals surface area (Å²) in [5.74, 6) is 1.90. The Bertz CT molecular complexity index is 470. The number of thioether (sulfide) groups is 1. The number of ketones is 1. The lowest BCUT2D eigenvalue weighted by molar-refractivity contribution is -0.137. The minimum atomic E-state index is -4.36. The van der Waals surface area contributed by atoms with Crippen LogP contribution in [0.5, 0.6) is 0 Å². The fourth-order valence-electron chi connectivity index (χ4n) is 2.18. The Balaban J connectivity index is 1.93. The van der Waals surface area contributed by atoms with Gasteiger partial charge in [0.25, 0.3) is 0 Å². The zero-order chi connectivity index (χ0) is 14.6. The number of carbonyl (C=O) groups excluding carboxylic acids is 1. The summed E-state index contributed by atoms with van der Waals surface area (Å²) in [6.45, 7) is 0.881. The Hall–Kier alpha value is -1.01. The molecule has 1 unspecified atom stereocenters. The van der Waals surface area contributed by atoms with Crippen molar-refractivity contribution in [3.8, 4) is 0 Å². The van der Waals surface area contributed by atoms with Gasteiger partial charge in [0.1, 0.15) is 5.78 Å². The molecule has 0 amide bonds. The highest BCUT2D eigenvalue weighted by Crippen LogP contribution is 2.29. The minimum absolute atomic E-state index is 0.0238. The molecular formula is C14H16F3NOS. The zero-order valence-electron chi connectivity index (χ0n) is 10.9. The number of nitrogens with one attached hydrogen (secondary N) is 1. The normalized spacial score (nSPS) is 19.9. The van der Waals surface area contributed by atoms with Gasteiger partial charge in [-0.15, -0.1) is 0 Å². The van der Waals surface area contributed by atoms with Crippen LogP contribution in [0.1, 0.15) is 17.5 Å². The van der Waals surface area contributed by atoms with Gasteiger partial charge in [0, 0.05) is 36.9 Å². The Labute approximate surface area is 120 Å². The molecule has 1 aromatic rings. The molecule has 0 aromatic heterocycles. The third-order valence-corrected chi connectivity index (χ3v) is 4.26. The van der Waals surface area contributed by atoms with Crippen molar-refractivity contribution in [3.05, 3.63) is 35.4 Å². The lowest BCUT2D eigenvalue weighted by Gasteiger charge is -2.22. The van der Waals surface area contributed by atoms with Crippen LogP contribution in [0.2, 0.25) is 0 Å². The molecule has 2 rings (SSSR count). The predicted octanol–water partition coefficient (Wildman–Crippen LogP) is 2.91. The molecule has 6 heteroatoms. The highest BCUT2D eigenvalue weighted by molar-refractivity contribution is 7.99. The maximum Gasteiger partial charge on any atom is 0.416 e. The van der Waals surface area contributed by atoms with Crippen LogP contribution < -0.4 is 5.32 Å². The Morgan fingerprint density at radius 3 is 2.85 bits per heavy atom. The summed E-state index contributed by atoms with van der Waals surface area (Å²) in [5.41, 5.74) is -0.276. The van der Waals surface area contributed by atoms with E-state index in [1.165, 1.54) is 6.07 Å². The van der Waals surface area contributed by atoms with E-state index in [0.717, 1.165) is 30.2 Å². The molecule has 110 valence electrons. The number of hydrogen-bond donors (Lipinski definition) is 1. The molecule has 1 aliphatic rings. The molecule has 1 saturated heterocycles. The molecule has 20 heavy (non-hydrogen) atoms. The van der Waals surface area contributed by atoms with E-state index in [2.05, 4.69) is 5.32 Å². The largest absolute Gasteiger partial charge is 0.416 e. The number of hydrogen-bond acceptors (Lipinski definition) is 3. The maximum absolute atomic E-state index is 12.6. The summed E-state index contributed by atoms with van der Waals surface area (Å²) < 4.78 is 37.7. The average Bonchev–Trinajstić information content (AvgIpc) is 2.39. The van der Waals surface area contributed by atoms with Crippen molar-refractivity contribution in [1.82, 2.24) is 5.32 Å². The molecule has 1 aromatic carbocycles. The van der Waals surface area contributed by atoms with Crippen LogP contribution in [0.25, 0.3) is 0 Å². The first-order valence-corrected chi connectivity index (χ1v) is 7.59. The Morgan fingerprint density at radius 2 is 2.20 bits per heavy atom. The lowest BCUT2D eigenvalue weighted by atomic mass is 10.0. The highest BCUT2D eigenvalue weighted by Gasteiger charge is 2.30. The van der Waals surface area contributed by atoms with Crippen LogP contribution in [0, 0.1) is 0 Å². The quantitative estimate of drug-likeness (QED) is 0.927. The molecule has 0 saturated carbocycles. The molecule has 1 fully saturated rings. The van der Waals surface area contributed by atoms with Gasteiger partial charge in [0.15, 0.2) is 0 Å². The third kappa shape index (κ3) is 4.52. The molecule has 0 radical (unpaired) electrons. The summed E-state index contributed by atoms with van der Waals surface area (Å²) in [4.78, 5) is 11.9. The van der Waals surface area contributed by atoms with Crippen LogP contribution in [-0.4, -0.2) is 29.9 Å². The van der Waals surface area contributed by atoms with Crippen molar-refractivity contribution in [2.45, 2.75) is 25.1 Å². The van der Waals surface area contributed by atoms with Gasteiger partial charge in [0.2, 0.25) is 0 Å². The van der Waals surface area contributed by atoms with Gasteiger partial charge >= 0.3 is 6.18 Å². The first-order valence-electron chi connectivity index (χ1n) is 6.44. The van der Waals surface area contributed by atoms with E-state index in [-0.39, 0.29) is 18.2 Å². The minimum Gasteiger partial charge on any atom is -0.312 e. The van der Waals surface area contributed by atoms with E-state index in [1.807, 2.05) is 0 Å². The zero-order valence-corrected chi connectivity index (χ0v) is 11.7. The van der Waals surface area contributed by atoms with Crippen molar-refractivity contribution >= 4 is 17.5 Å². The number of Topliss-reactive ketones (excluding diaryl/α,β-unsaturated/α-hetero) is 1. The predicted molar refractivity (Wildman–Crippen MR) is 73.9 cm³/mol. The summed E-state index contributed by atoms with van der Waals surface area (Å²) in [7, 11) is 0. The topological polar surface area (TPSA) is 29.1 Å². The Morgan fingerprint density at radius 1 is 1.40 bits per heavy atom. The number of rotatable bonds is 4. The van der Waals surface area contributed by atoms with Gasteiger partial charge in [-0.05, 0) is 11.6 Å². The second-order valence-electron chi connectivity index (χ2n) is 4.84. The average molecular weight is 303 g/mol. The van der Waals surface area contributed by atoms with E-state index in [9.17, 15) is 18.0 Å². The van der Waals surface area contributed by atoms with Crippen LogP contribution in [0.15, 0.2) is 24.3 Å². The molecule has 0 bridgehead atoms. The van der Waals surface area contributed by atoms with Crippen molar-refractivity contribution in [2.24, 2.45) is 0 Å². The Kier molecular flexibility index (Phi) is 5.10. The van der Waals surface area contributed by atoms with E-state index < -0.39 is 11.7 Å². The van der Waals surface area contributed by atoms with E-state index >= 15 is 0 Å². The standard InChI is InChI=1S/C14H16F3NOS/c15-14(16,17)11-3-1-2-10(6-11)7-13(19)8-12-9-20-5-4-18-12/h1-3,6,12,18H,4-5,7-9H2. The van der Waals surface area contributed by atoms with E-state index in [1.54, 1.807) is 17.8 Å². The molecule has 1 N–H and O–H groups in total. The van der Waals surface area contributed by atoms with Crippen molar-refractivity contribution < 1.29 is 18.0 Å². The van der Waals surface area contributed by atoms with Gasteiger partial charge in [0.05, 0.1) is 5.56 Å². The summed E-state index contributed by atoms with van der Waals surface area (Å²) in [6.07, 6.45) is -3.92. The molecule has 0 aliphatic carbocycles. The van der Waals surface area contributed by atoms with Crippen LogP contribution >= 0.6 is 11.8 Å². The van der Waals surface area contributed by atoms with E-state index in [0.29, 0.717) is 12.0 Å². The number of benzene rings is 1. The van der Waals surface area contributed by atoms with Gasteiger partial charge in [-0.25, -0.2) is 0 Å². The molecule has 2 nitrogen and oxygen atoms in total. The summed E-state index contributed by atoms with van der Waals surface area (Å²) in [6, 6.07) is 5.14. The van der Waals surface area contributed by atoms with Crippen molar-refractivity contribution in [3.63, 3.8) is 0 Å². The van der Waals surface area contributed by atoms with Crippen molar-refractivity contribution in [1.29, 1.82) is 0 Å². The maximum atomic E-state index is 12.6.